The molecule has 3 N–H and O–H groups in total. The largest absolute Gasteiger partial charge is 0.352 e. The fourth-order valence-corrected chi connectivity index (χ4v) is 3.16. The molecule has 7 heteroatoms. The van der Waals surface area contributed by atoms with E-state index in [0.717, 1.165) is 29.1 Å². The van der Waals surface area contributed by atoms with E-state index in [1.807, 2.05) is 25.3 Å². The highest BCUT2D eigenvalue weighted by Crippen LogP contribution is 2.17. The third-order valence-corrected chi connectivity index (χ3v) is 4.54. The number of hydrogen-bond acceptors (Lipinski definition) is 4. The van der Waals surface area contributed by atoms with Gasteiger partial charge in [-0.1, -0.05) is 13.0 Å². The van der Waals surface area contributed by atoms with Crippen LogP contribution in [0.15, 0.2) is 23.6 Å². The van der Waals surface area contributed by atoms with Gasteiger partial charge in [-0.05, 0) is 44.4 Å². The Morgan fingerprint density at radius 1 is 1.20 bits per heavy atom. The lowest BCUT2D eigenvalue weighted by atomic mass is 10.1. The second-order valence-electron chi connectivity index (χ2n) is 5.68. The molecule has 3 amide bonds. The van der Waals surface area contributed by atoms with Crippen LogP contribution in [0.3, 0.4) is 0 Å². The Kier molecular flexibility index (Phi) is 6.94. The molecule has 2 rings (SSSR count). The molecule has 0 aliphatic carbocycles. The van der Waals surface area contributed by atoms with Gasteiger partial charge < -0.3 is 16.0 Å². The molecule has 1 aromatic heterocycles. The third-order valence-electron chi connectivity index (χ3n) is 3.58. The number of amides is 3. The van der Waals surface area contributed by atoms with Crippen molar-refractivity contribution >= 4 is 29.0 Å². The van der Waals surface area contributed by atoms with Gasteiger partial charge in [0.25, 0.3) is 5.91 Å². The van der Waals surface area contributed by atoms with Crippen LogP contribution >= 0.6 is 11.3 Å². The Labute approximate surface area is 152 Å². The number of nitrogens with one attached hydrogen (secondary N) is 3. The minimum atomic E-state index is -0.318. The molecule has 25 heavy (non-hydrogen) atoms. The highest BCUT2D eigenvalue weighted by molar-refractivity contribution is 7.09. The smallest absolute Gasteiger partial charge is 0.319 e. The molecule has 1 aromatic carbocycles. The first-order valence-electron chi connectivity index (χ1n) is 8.40. The molecule has 0 saturated heterocycles. The van der Waals surface area contributed by atoms with Gasteiger partial charge in [0, 0.05) is 23.2 Å². The number of rotatable bonds is 7. The van der Waals surface area contributed by atoms with Crippen molar-refractivity contribution in [3.63, 3.8) is 0 Å². The van der Waals surface area contributed by atoms with Crippen molar-refractivity contribution in [1.29, 1.82) is 0 Å². The molecule has 2 aromatic rings. The van der Waals surface area contributed by atoms with Crippen LogP contribution in [-0.4, -0.2) is 23.5 Å². The molecular weight excluding hydrogens is 336 g/mol. The van der Waals surface area contributed by atoms with Crippen molar-refractivity contribution in [3.05, 3.63) is 45.4 Å². The fraction of sp³-hybridized carbons (Fsp3) is 0.389. The minimum absolute atomic E-state index is 0.156. The lowest BCUT2D eigenvalue weighted by molar-refractivity contribution is 0.0956. The van der Waals surface area contributed by atoms with E-state index >= 15 is 0 Å². The van der Waals surface area contributed by atoms with Gasteiger partial charge in [-0.15, -0.1) is 11.3 Å². The Hall–Kier alpha value is -2.41. The zero-order chi connectivity index (χ0) is 18.2. The van der Waals surface area contributed by atoms with Gasteiger partial charge in [0.15, 0.2) is 0 Å². The summed E-state index contributed by atoms with van der Waals surface area (Å²) >= 11 is 1.61. The van der Waals surface area contributed by atoms with Crippen molar-refractivity contribution in [2.24, 2.45) is 0 Å². The average molecular weight is 360 g/mol. The van der Waals surface area contributed by atoms with Crippen LogP contribution in [-0.2, 0) is 13.0 Å². The zero-order valence-corrected chi connectivity index (χ0v) is 15.6. The lowest BCUT2D eigenvalue weighted by Crippen LogP contribution is -2.29. The first-order chi connectivity index (χ1) is 12.0. The number of anilines is 1. The summed E-state index contributed by atoms with van der Waals surface area (Å²) in [5.74, 6) is -0.156. The fourth-order valence-electron chi connectivity index (χ4n) is 2.26. The first-order valence-corrected chi connectivity index (χ1v) is 9.28. The number of carbonyl (C=O) groups is 2. The van der Waals surface area contributed by atoms with E-state index in [9.17, 15) is 9.59 Å². The maximum absolute atomic E-state index is 12.1. The van der Waals surface area contributed by atoms with E-state index < -0.39 is 0 Å². The number of benzene rings is 1. The summed E-state index contributed by atoms with van der Waals surface area (Å²) in [5, 5.41) is 11.4. The highest BCUT2D eigenvalue weighted by atomic mass is 32.1. The molecule has 0 spiro atoms. The van der Waals surface area contributed by atoms with Gasteiger partial charge in [-0.3, -0.25) is 4.79 Å². The van der Waals surface area contributed by atoms with Crippen molar-refractivity contribution in [2.45, 2.75) is 40.2 Å². The second kappa shape index (κ2) is 9.17. The first kappa shape index (κ1) is 18.9. The number of carbonyl (C=O) groups excluding carboxylic acids is 2. The van der Waals surface area contributed by atoms with E-state index in [1.165, 1.54) is 0 Å². The number of urea groups is 1. The van der Waals surface area contributed by atoms with E-state index in [4.69, 9.17) is 0 Å². The molecule has 0 atom stereocenters. The molecule has 0 unspecified atom stereocenters. The molecule has 0 aliphatic heterocycles. The number of hydrogen-bond donors (Lipinski definition) is 3. The Morgan fingerprint density at radius 2 is 2.00 bits per heavy atom. The number of nitrogens with zero attached hydrogens (tertiary/aromatic N) is 1. The van der Waals surface area contributed by atoms with Crippen LogP contribution in [0.2, 0.25) is 0 Å². The van der Waals surface area contributed by atoms with Gasteiger partial charge in [0.1, 0.15) is 0 Å². The van der Waals surface area contributed by atoms with Gasteiger partial charge in [0.2, 0.25) is 0 Å². The van der Waals surface area contributed by atoms with Gasteiger partial charge in [-0.25, -0.2) is 9.78 Å². The normalized spacial score (nSPS) is 10.4. The van der Waals surface area contributed by atoms with E-state index in [0.29, 0.717) is 24.3 Å². The van der Waals surface area contributed by atoms with Crippen molar-refractivity contribution in [1.82, 2.24) is 15.6 Å². The quantitative estimate of drug-likeness (QED) is 0.707. The van der Waals surface area contributed by atoms with Crippen LogP contribution in [0.1, 0.15) is 46.9 Å². The molecule has 134 valence electrons. The molecule has 0 saturated carbocycles. The Morgan fingerprint density at radius 3 is 2.72 bits per heavy atom. The summed E-state index contributed by atoms with van der Waals surface area (Å²) in [6, 6.07) is 4.93. The molecule has 0 radical (unpaired) electrons. The maximum Gasteiger partial charge on any atom is 0.319 e. The van der Waals surface area contributed by atoms with Gasteiger partial charge >= 0.3 is 6.03 Å². The van der Waals surface area contributed by atoms with Gasteiger partial charge in [-0.2, -0.15) is 0 Å². The number of aryl methyl sites for hydroxylation is 2. The highest BCUT2D eigenvalue weighted by Gasteiger charge is 2.10. The summed E-state index contributed by atoms with van der Waals surface area (Å²) in [7, 11) is 0. The molecule has 1 heterocycles. The lowest BCUT2D eigenvalue weighted by Gasteiger charge is -2.11. The third kappa shape index (κ3) is 5.56. The second-order valence-corrected chi connectivity index (χ2v) is 6.62. The van der Waals surface area contributed by atoms with Crippen LogP contribution in [0.4, 0.5) is 10.5 Å². The number of aromatic nitrogens is 1. The van der Waals surface area contributed by atoms with Crippen LogP contribution < -0.4 is 16.0 Å². The minimum Gasteiger partial charge on any atom is -0.352 e. The summed E-state index contributed by atoms with van der Waals surface area (Å²) in [5.41, 5.74) is 2.89. The van der Waals surface area contributed by atoms with Crippen molar-refractivity contribution < 1.29 is 9.59 Å². The van der Waals surface area contributed by atoms with E-state index in [2.05, 4.69) is 27.9 Å². The summed E-state index contributed by atoms with van der Waals surface area (Å²) < 4.78 is 0. The van der Waals surface area contributed by atoms with Crippen LogP contribution in [0.25, 0.3) is 0 Å². The van der Waals surface area contributed by atoms with Crippen molar-refractivity contribution in [3.8, 4) is 0 Å². The summed E-state index contributed by atoms with van der Waals surface area (Å²) in [6.07, 6.45) is 2.02. The monoisotopic (exact) mass is 360 g/mol. The van der Waals surface area contributed by atoms with Gasteiger partial charge in [0.05, 0.1) is 17.2 Å². The number of thiazole rings is 1. The molecule has 0 fully saturated rings. The van der Waals surface area contributed by atoms with Crippen LogP contribution in [0.5, 0.6) is 0 Å². The van der Waals surface area contributed by atoms with E-state index in [-0.39, 0.29) is 11.9 Å². The summed E-state index contributed by atoms with van der Waals surface area (Å²) in [6.45, 7) is 6.80. The average Bonchev–Trinajstić information content (AvgIpc) is 3.03. The van der Waals surface area contributed by atoms with Crippen molar-refractivity contribution in [2.75, 3.05) is 11.9 Å². The molecular formula is C18H24N4O2S. The maximum atomic E-state index is 12.1. The van der Waals surface area contributed by atoms with E-state index in [1.54, 1.807) is 23.5 Å². The Balaban J connectivity index is 1.95. The van der Waals surface area contributed by atoms with Crippen LogP contribution in [0, 0.1) is 6.92 Å². The topological polar surface area (TPSA) is 83.1 Å². The zero-order valence-electron chi connectivity index (χ0n) is 14.8. The Bertz CT molecular complexity index is 742. The molecule has 0 bridgehead atoms. The SMILES string of the molecule is CCCc1nc(CNC(=O)Nc2cc(C(=O)NCC)ccc2C)cs1. The predicted octanol–water partition coefficient (Wildman–Crippen LogP) is 3.48. The molecule has 6 nitrogen and oxygen atoms in total. The standard InChI is InChI=1S/C18H24N4O2S/c1-4-6-16-21-14(11-25-16)10-20-18(24)22-15-9-13(8-7-12(15)3)17(23)19-5-2/h7-9,11H,4-6,10H2,1-3H3,(H,19,23)(H2,20,22,24). The molecule has 0 aliphatic rings. The summed E-state index contributed by atoms with van der Waals surface area (Å²) in [4.78, 5) is 28.5. The predicted molar refractivity (Wildman–Crippen MR) is 101 cm³/mol.